The van der Waals surface area contributed by atoms with Crippen LogP contribution in [-0.4, -0.2) is 307 Å². The van der Waals surface area contributed by atoms with Crippen LogP contribution >= 0.6 is 0 Å². The predicted octanol–water partition coefficient (Wildman–Crippen LogP) is 7.51. The third-order valence-electron chi connectivity index (χ3n) is 22.4. The summed E-state index contributed by atoms with van der Waals surface area (Å²) in [6.07, 6.45) is -0.592. The molecule has 0 unspecified atom stereocenters. The van der Waals surface area contributed by atoms with Gasteiger partial charge in [-0.2, -0.15) is 0 Å². The van der Waals surface area contributed by atoms with E-state index in [0.29, 0.717) is 116 Å². The van der Waals surface area contributed by atoms with Gasteiger partial charge in [-0.3, -0.25) is 38.4 Å². The second-order valence-electron chi connectivity index (χ2n) is 37.5. The fraction of sp³-hybridized carbons (Fsp3) is 0.525. The molecule has 12 aromatic rings. The van der Waals surface area contributed by atoms with Gasteiger partial charge in [0.05, 0.1) is 177 Å². The first kappa shape index (κ1) is 111. The van der Waals surface area contributed by atoms with Crippen molar-refractivity contribution in [2.75, 3.05) is 180 Å². The number of aromatic nitrogens is 12. The summed E-state index contributed by atoms with van der Waals surface area (Å²) in [5.74, 6) is -1.05. The van der Waals surface area contributed by atoms with Crippen LogP contribution in [0.5, 0.6) is 0 Å². The highest BCUT2D eigenvalue weighted by Gasteiger charge is 2.35. The molecule has 145 heavy (non-hydrogen) atoms. The van der Waals surface area contributed by atoms with Gasteiger partial charge in [-0.05, 0) is 107 Å². The Morgan fingerprint density at radius 2 is 0.476 bits per heavy atom. The van der Waals surface area contributed by atoms with Crippen LogP contribution in [-0.2, 0) is 148 Å². The lowest BCUT2D eigenvalue weighted by Crippen LogP contribution is -2.43. The zero-order valence-electron chi connectivity index (χ0n) is 84.5. The number of carbonyl (C=O) groups is 8. The summed E-state index contributed by atoms with van der Waals surface area (Å²) < 4.78 is 78.8. The first-order valence-electron chi connectivity index (χ1n) is 48.7. The number of amides is 8. The molecule has 12 N–H and O–H groups in total. The molecule has 0 fully saturated rings. The van der Waals surface area contributed by atoms with Crippen LogP contribution in [0, 0.1) is 5.41 Å². The third-order valence-corrected chi connectivity index (χ3v) is 22.4. The summed E-state index contributed by atoms with van der Waals surface area (Å²) in [7, 11) is 0. The van der Waals surface area contributed by atoms with Crippen molar-refractivity contribution in [2.24, 2.45) is 5.41 Å². The Hall–Kier alpha value is -12.5. The lowest BCUT2D eigenvalue weighted by molar-refractivity contribution is -0.132. The Bertz CT molecular complexity index is 5670. The lowest BCUT2D eigenvalue weighted by Gasteiger charge is -2.33. The van der Waals surface area contributed by atoms with Crippen LogP contribution in [0.25, 0.3) is 87.7 Å². The van der Waals surface area contributed by atoms with Crippen molar-refractivity contribution in [1.82, 2.24) is 79.4 Å². The van der Waals surface area contributed by atoms with Gasteiger partial charge in [0.2, 0.25) is 47.3 Å². The van der Waals surface area contributed by atoms with Crippen molar-refractivity contribution >= 4 is 158 Å². The summed E-state index contributed by atoms with van der Waals surface area (Å²) in [5.41, 5.74) is 0.789. The molecule has 0 saturated carbocycles. The van der Waals surface area contributed by atoms with Crippen LogP contribution in [0.3, 0.4) is 0 Å². The molecule has 0 aliphatic carbocycles. The monoisotopic (exact) mass is 2010 g/mol. The van der Waals surface area contributed by atoms with Gasteiger partial charge in [0.15, 0.2) is 23.3 Å². The van der Waals surface area contributed by atoms with E-state index in [4.69, 9.17) is 96.7 Å². The second-order valence-corrected chi connectivity index (χ2v) is 37.5. The Labute approximate surface area is 838 Å². The van der Waals surface area contributed by atoms with Gasteiger partial charge in [-0.25, -0.2) is 39.9 Å². The number of rotatable bonds is 64. The molecule has 0 saturated heterocycles. The number of anilines is 4. The van der Waals surface area contributed by atoms with Gasteiger partial charge in [0.1, 0.15) is 98.2 Å². The zero-order chi connectivity index (χ0) is 104. The Morgan fingerprint density at radius 1 is 0.276 bits per heavy atom. The maximum Gasteiger partial charge on any atom is 0.246 e. The number of benzene rings is 4. The number of hydrogen-bond acceptors (Lipinski definition) is 32. The number of nitrogens with one attached hydrogen (secondary N) is 8. The summed E-state index contributed by atoms with van der Waals surface area (Å²) in [4.78, 5) is 146. The SMILES string of the molecule is CCOCc1nc2c(NC(=O)CCNC(=O)COCCOCC(COCCOCC(=O)NCCC(=O)Nc3nc4ccccc4c4c3nc(COCC)n4CC(C)(C)O)(COCCOCC(=O)NCCC(=O)Nc3nc4ccccc4c4c3nc(COCC)n4CC(C)(C)O)COCCOCC(=O)NCCC(=O)Nc3nc4ccccc4c4c3nc(COCC)n4CC(C)(C)O)nc3ccccc3c2n1CC(C)(C)O. The molecule has 0 radical (unpaired) electrons. The maximum atomic E-state index is 13.6. The summed E-state index contributed by atoms with van der Waals surface area (Å²) in [6, 6.07) is 29.6. The van der Waals surface area contributed by atoms with Gasteiger partial charge in [0, 0.05) is 99.8 Å². The Balaban J connectivity index is 0.673. The molecule has 0 aliphatic rings. The number of ether oxygens (including phenoxy) is 12. The average molecular weight is 2010 g/mol. The molecule has 44 heteroatoms. The number of para-hydroxylation sites is 4. The summed E-state index contributed by atoms with van der Waals surface area (Å²) >= 11 is 0. The van der Waals surface area contributed by atoms with E-state index in [9.17, 15) is 58.8 Å². The van der Waals surface area contributed by atoms with Gasteiger partial charge in [0.25, 0.3) is 0 Å². The molecule has 8 amide bonds. The van der Waals surface area contributed by atoms with Crippen molar-refractivity contribution in [3.05, 3.63) is 120 Å². The quantitative estimate of drug-likeness (QED) is 0.0164. The lowest BCUT2D eigenvalue weighted by atomic mass is 9.92. The topological polar surface area (TPSA) is 547 Å². The summed E-state index contributed by atoms with van der Waals surface area (Å²) in [6.45, 7) is 20.7. The highest BCUT2D eigenvalue weighted by atomic mass is 16.6. The van der Waals surface area contributed by atoms with E-state index in [1.807, 2.05) is 143 Å². The van der Waals surface area contributed by atoms with Crippen LogP contribution in [0.4, 0.5) is 23.3 Å². The van der Waals surface area contributed by atoms with Crippen LogP contribution in [0.2, 0.25) is 0 Å². The first-order chi connectivity index (χ1) is 69.5. The third kappa shape index (κ3) is 32.8. The van der Waals surface area contributed by atoms with E-state index in [1.165, 1.54) is 0 Å². The van der Waals surface area contributed by atoms with Crippen molar-refractivity contribution in [1.29, 1.82) is 0 Å². The first-order valence-corrected chi connectivity index (χ1v) is 48.7. The average Bonchev–Trinajstić information content (AvgIpc) is 1.61. The number of carbonyl (C=O) groups excluding carboxylic acids is 8. The van der Waals surface area contributed by atoms with E-state index in [2.05, 4.69) is 42.5 Å². The number of nitrogens with zero attached hydrogens (tertiary/aromatic N) is 12. The second kappa shape index (κ2) is 53.0. The molecule has 4 aromatic carbocycles. The molecular formula is C101H136N20O24. The van der Waals surface area contributed by atoms with Crippen molar-refractivity contribution < 1.29 is 116 Å². The van der Waals surface area contributed by atoms with Crippen LogP contribution in [0.15, 0.2) is 97.1 Å². The van der Waals surface area contributed by atoms with Gasteiger partial charge in [-0.15, -0.1) is 0 Å². The van der Waals surface area contributed by atoms with Crippen molar-refractivity contribution in [2.45, 2.75) is 184 Å². The van der Waals surface area contributed by atoms with Gasteiger partial charge < -0.3 is 138 Å². The minimum absolute atomic E-state index is 0.0708. The Morgan fingerprint density at radius 3 is 0.676 bits per heavy atom. The fourth-order valence-corrected chi connectivity index (χ4v) is 16.1. The van der Waals surface area contributed by atoms with Crippen LogP contribution < -0.4 is 42.5 Å². The van der Waals surface area contributed by atoms with Gasteiger partial charge >= 0.3 is 0 Å². The molecule has 0 atom stereocenters. The smallest absolute Gasteiger partial charge is 0.246 e. The number of aliphatic hydroxyl groups is 4. The fourth-order valence-electron chi connectivity index (χ4n) is 16.1. The molecule has 12 rings (SSSR count). The molecule has 0 bridgehead atoms. The van der Waals surface area contributed by atoms with E-state index in [-0.39, 0.29) is 207 Å². The molecule has 0 spiro atoms. The van der Waals surface area contributed by atoms with E-state index < -0.39 is 102 Å². The van der Waals surface area contributed by atoms with Crippen molar-refractivity contribution in [3.63, 3.8) is 0 Å². The summed E-state index contributed by atoms with van der Waals surface area (Å²) in [5, 5.41) is 69.4. The molecule has 0 aliphatic heterocycles. The van der Waals surface area contributed by atoms with Gasteiger partial charge in [-0.1, -0.05) is 72.8 Å². The normalized spacial score (nSPS) is 12.3. The number of fused-ring (bicyclic) bond motifs is 12. The largest absolute Gasteiger partial charge is 0.389 e. The molecule has 8 heterocycles. The molecule has 44 nitrogen and oxygen atoms in total. The Kier molecular flexibility index (Phi) is 40.7. The molecular weight excluding hydrogens is 1880 g/mol. The minimum Gasteiger partial charge on any atom is -0.389 e. The minimum atomic E-state index is -1.19. The van der Waals surface area contributed by atoms with Crippen LogP contribution in [0.1, 0.15) is 132 Å². The number of pyridine rings is 4. The maximum absolute atomic E-state index is 13.6. The standard InChI is InChI=1S/C101H136N20O24/c1-13-134-49-73-110-85-89(118(73)57-97(5,6)130)65-25-17-21-29-69(65)106-93(85)114-77(122)33-37-102-81(126)53-138-41-45-142-61-101(62-143-46-42-139-54-82(127)103-38-34-78(123)115-94-86-90(66-26-18-22-30-70(66)107-94)119(58-98(7,8)131)74(111-86)50-135-14-2,63-144-47-43-140-55-83(128)104-39-35-79(124)116-95-87-91(67-27-19-23-31-71(67)108-95)120(59-99(9,10)132)75(112-87)51-136-15-3)64-145-48-44-141-56-84(129)105-40-36-80(125)117-96-88-92(68-28-20-24-32-72(68)109-96)121(60-100(11,12)133)76(113-88)52-137-16-4/h17-32,130-133H,13-16,33-64H2,1-12H3,(H,102,126)(H,103,127)(H,104,128)(H,105,129)(H,106,114,122)(H,107,115,123)(H,108,116,124)(H,109,117,125). The van der Waals surface area contributed by atoms with E-state index in [1.54, 1.807) is 55.4 Å². The van der Waals surface area contributed by atoms with E-state index in [0.717, 1.165) is 21.5 Å². The highest BCUT2D eigenvalue weighted by molar-refractivity contribution is 6.13. The number of imidazole rings is 4. The number of hydrogen-bond donors (Lipinski definition) is 12. The zero-order valence-corrected chi connectivity index (χ0v) is 84.5. The molecule has 784 valence electrons. The predicted molar refractivity (Wildman–Crippen MR) is 541 cm³/mol. The highest BCUT2D eigenvalue weighted by Crippen LogP contribution is 2.38. The molecule has 8 aromatic heterocycles. The van der Waals surface area contributed by atoms with Crippen molar-refractivity contribution in [3.8, 4) is 0 Å². The van der Waals surface area contributed by atoms with E-state index >= 15 is 0 Å².